The van der Waals surface area contributed by atoms with E-state index in [1.807, 2.05) is 6.07 Å². The van der Waals surface area contributed by atoms with Crippen molar-refractivity contribution in [2.75, 3.05) is 5.75 Å². The fraction of sp³-hybridized carbons (Fsp3) is 0.538. The van der Waals surface area contributed by atoms with Crippen LogP contribution in [0.4, 0.5) is 4.39 Å². The average Bonchev–Trinajstić information content (AvgIpc) is 2.18. The average molecular weight is 242 g/mol. The van der Waals surface area contributed by atoms with Crippen LogP contribution in [0.25, 0.3) is 0 Å². The number of hydrogen-bond donors (Lipinski definition) is 1. The van der Waals surface area contributed by atoms with E-state index in [0.717, 1.165) is 10.6 Å². The molecule has 1 nitrogen and oxygen atoms in total. The normalized spacial score (nSPS) is 13.2. The second-order valence-electron chi connectivity index (χ2n) is 4.52. The molecule has 16 heavy (non-hydrogen) atoms. The largest absolute Gasteiger partial charge is 0.389 e. The smallest absolute Gasteiger partial charge is 0.126 e. The quantitative estimate of drug-likeness (QED) is 0.807. The van der Waals surface area contributed by atoms with Gasteiger partial charge in [0.1, 0.15) is 5.82 Å². The minimum absolute atomic E-state index is 0.246. The molecule has 0 bridgehead atoms. The van der Waals surface area contributed by atoms with E-state index in [2.05, 4.69) is 13.8 Å². The second kappa shape index (κ2) is 5.69. The van der Waals surface area contributed by atoms with Gasteiger partial charge >= 0.3 is 0 Å². The Morgan fingerprint density at radius 2 is 1.94 bits per heavy atom. The molecule has 1 rings (SSSR count). The summed E-state index contributed by atoms with van der Waals surface area (Å²) in [7, 11) is 0. The number of aliphatic hydroxyl groups excluding tert-OH is 1. The first-order valence-corrected chi connectivity index (χ1v) is 6.51. The van der Waals surface area contributed by atoms with Crippen molar-refractivity contribution in [3.05, 3.63) is 29.1 Å². The van der Waals surface area contributed by atoms with Gasteiger partial charge in [-0.3, -0.25) is 0 Å². The van der Waals surface area contributed by atoms with E-state index in [1.165, 1.54) is 6.07 Å². The van der Waals surface area contributed by atoms with Crippen LogP contribution in [0.15, 0.2) is 17.0 Å². The lowest BCUT2D eigenvalue weighted by Gasteiger charge is -2.14. The first-order chi connectivity index (χ1) is 7.41. The van der Waals surface area contributed by atoms with Crippen molar-refractivity contribution < 1.29 is 9.50 Å². The molecule has 3 heteroatoms. The highest BCUT2D eigenvalue weighted by Gasteiger charge is 2.12. The van der Waals surface area contributed by atoms with Gasteiger partial charge in [0.15, 0.2) is 0 Å². The Morgan fingerprint density at radius 1 is 1.31 bits per heavy atom. The standard InChI is InChI=1S/C13H19FOS/c1-8(2)7-16-13-5-9(3)12(14)6-11(13)10(4)15/h5-6,8,10,15H,7H2,1-4H3. The molecule has 1 aromatic carbocycles. The fourth-order valence-electron chi connectivity index (χ4n) is 1.38. The molecule has 1 N–H and O–H groups in total. The molecule has 0 saturated heterocycles. The van der Waals surface area contributed by atoms with Crippen LogP contribution in [0.5, 0.6) is 0 Å². The summed E-state index contributed by atoms with van der Waals surface area (Å²) >= 11 is 1.68. The van der Waals surface area contributed by atoms with Crippen molar-refractivity contribution >= 4 is 11.8 Å². The SMILES string of the molecule is Cc1cc(SCC(C)C)c(C(C)O)cc1F. The zero-order valence-electron chi connectivity index (χ0n) is 10.2. The van der Waals surface area contributed by atoms with Crippen LogP contribution in [-0.2, 0) is 0 Å². The Morgan fingerprint density at radius 3 is 2.44 bits per heavy atom. The number of thioether (sulfide) groups is 1. The molecule has 0 fully saturated rings. The lowest BCUT2D eigenvalue weighted by Crippen LogP contribution is -1.99. The Bertz CT molecular complexity index is 361. The molecule has 0 aromatic heterocycles. The third-order valence-corrected chi connectivity index (χ3v) is 3.81. The molecule has 0 spiro atoms. The van der Waals surface area contributed by atoms with Crippen molar-refractivity contribution in [2.24, 2.45) is 5.92 Å². The molecule has 1 atom stereocenters. The highest BCUT2D eigenvalue weighted by atomic mass is 32.2. The van der Waals surface area contributed by atoms with Gasteiger partial charge in [0.05, 0.1) is 6.10 Å². The first-order valence-electron chi connectivity index (χ1n) is 5.52. The van der Waals surface area contributed by atoms with Crippen molar-refractivity contribution in [3.8, 4) is 0 Å². The van der Waals surface area contributed by atoms with E-state index in [9.17, 15) is 9.50 Å². The van der Waals surface area contributed by atoms with Crippen molar-refractivity contribution in [1.29, 1.82) is 0 Å². The summed E-state index contributed by atoms with van der Waals surface area (Å²) in [5, 5.41) is 9.61. The van der Waals surface area contributed by atoms with Gasteiger partial charge in [-0.25, -0.2) is 4.39 Å². The third-order valence-electron chi connectivity index (χ3n) is 2.31. The van der Waals surface area contributed by atoms with Crippen LogP contribution < -0.4 is 0 Å². The maximum absolute atomic E-state index is 13.4. The van der Waals surface area contributed by atoms with E-state index < -0.39 is 6.10 Å². The second-order valence-corrected chi connectivity index (χ2v) is 5.58. The van der Waals surface area contributed by atoms with E-state index in [0.29, 0.717) is 17.0 Å². The molecule has 0 heterocycles. The molecule has 0 aliphatic heterocycles. The molecule has 0 aliphatic rings. The Hall–Kier alpha value is -0.540. The van der Waals surface area contributed by atoms with Crippen LogP contribution in [-0.4, -0.2) is 10.9 Å². The number of aliphatic hydroxyl groups is 1. The minimum atomic E-state index is -0.621. The summed E-state index contributed by atoms with van der Waals surface area (Å²) in [5.74, 6) is 1.31. The molecule has 1 aromatic rings. The monoisotopic (exact) mass is 242 g/mol. The van der Waals surface area contributed by atoms with Gasteiger partial charge in [0.25, 0.3) is 0 Å². The molecular weight excluding hydrogens is 223 g/mol. The van der Waals surface area contributed by atoms with Crippen molar-refractivity contribution in [3.63, 3.8) is 0 Å². The van der Waals surface area contributed by atoms with Gasteiger partial charge in [0, 0.05) is 10.6 Å². The number of benzene rings is 1. The van der Waals surface area contributed by atoms with Crippen molar-refractivity contribution in [2.45, 2.75) is 38.7 Å². The number of halogens is 1. The summed E-state index contributed by atoms with van der Waals surface area (Å²) in [6.07, 6.45) is -0.621. The Labute approximate surface area is 101 Å². The molecule has 0 radical (unpaired) electrons. The van der Waals surface area contributed by atoms with E-state index >= 15 is 0 Å². The summed E-state index contributed by atoms with van der Waals surface area (Å²) in [6, 6.07) is 3.27. The maximum Gasteiger partial charge on any atom is 0.126 e. The summed E-state index contributed by atoms with van der Waals surface area (Å²) in [5.41, 5.74) is 1.32. The topological polar surface area (TPSA) is 20.2 Å². The van der Waals surface area contributed by atoms with Gasteiger partial charge in [-0.2, -0.15) is 0 Å². The summed E-state index contributed by atoms with van der Waals surface area (Å²) in [6.45, 7) is 7.71. The molecular formula is C13H19FOS. The highest BCUT2D eigenvalue weighted by molar-refractivity contribution is 7.99. The van der Waals surface area contributed by atoms with Gasteiger partial charge in [-0.1, -0.05) is 13.8 Å². The first kappa shape index (κ1) is 13.5. The zero-order chi connectivity index (χ0) is 12.3. The molecule has 90 valence electrons. The summed E-state index contributed by atoms with van der Waals surface area (Å²) in [4.78, 5) is 0.989. The minimum Gasteiger partial charge on any atom is -0.389 e. The molecule has 0 saturated carbocycles. The predicted octanol–water partition coefficient (Wildman–Crippen LogP) is 3.94. The fourth-order valence-corrected chi connectivity index (χ4v) is 2.55. The predicted molar refractivity (Wildman–Crippen MR) is 67.3 cm³/mol. The van der Waals surface area contributed by atoms with Crippen LogP contribution in [0.2, 0.25) is 0 Å². The summed E-state index contributed by atoms with van der Waals surface area (Å²) < 4.78 is 13.4. The lowest BCUT2D eigenvalue weighted by atomic mass is 10.1. The van der Waals surface area contributed by atoms with Crippen LogP contribution in [0.3, 0.4) is 0 Å². The van der Waals surface area contributed by atoms with Crippen LogP contribution in [0.1, 0.15) is 38.0 Å². The van der Waals surface area contributed by atoms with E-state index in [-0.39, 0.29) is 5.82 Å². The van der Waals surface area contributed by atoms with Crippen LogP contribution >= 0.6 is 11.8 Å². The van der Waals surface area contributed by atoms with E-state index in [4.69, 9.17) is 0 Å². The number of rotatable bonds is 4. The Balaban J connectivity index is 3.00. The maximum atomic E-state index is 13.4. The zero-order valence-corrected chi connectivity index (χ0v) is 11.1. The third kappa shape index (κ3) is 3.49. The van der Waals surface area contributed by atoms with Crippen LogP contribution in [0, 0.1) is 18.7 Å². The van der Waals surface area contributed by atoms with Gasteiger partial charge < -0.3 is 5.11 Å². The van der Waals surface area contributed by atoms with E-state index in [1.54, 1.807) is 25.6 Å². The lowest BCUT2D eigenvalue weighted by molar-refractivity contribution is 0.196. The molecule has 1 unspecified atom stereocenters. The van der Waals surface area contributed by atoms with Crippen molar-refractivity contribution in [1.82, 2.24) is 0 Å². The molecule has 0 amide bonds. The number of hydrogen-bond acceptors (Lipinski definition) is 2. The molecule has 0 aliphatic carbocycles. The van der Waals surface area contributed by atoms with Gasteiger partial charge in [-0.15, -0.1) is 11.8 Å². The highest BCUT2D eigenvalue weighted by Crippen LogP contribution is 2.31. The Kier molecular flexibility index (Phi) is 4.81. The van der Waals surface area contributed by atoms with Gasteiger partial charge in [-0.05, 0) is 43.0 Å². The van der Waals surface area contributed by atoms with Gasteiger partial charge in [0.2, 0.25) is 0 Å². The number of aryl methyl sites for hydroxylation is 1.